The molecule has 0 saturated heterocycles. The van der Waals surface area contributed by atoms with Crippen molar-refractivity contribution in [3.05, 3.63) is 24.3 Å². The number of ether oxygens (including phenoxy) is 1. The van der Waals surface area contributed by atoms with Gasteiger partial charge in [-0.25, -0.2) is 0 Å². The SMILES string of the molecule is CCC/C=C\C/C=C\CCCCCCCC(=O)OCCCCCCCCCCCCCCCCCCCCCCCCCCCCC(=O)NC(CO)C(O)CCCCCCCCCCCCCCCC. The third-order valence-electron chi connectivity index (χ3n) is 14.7. The van der Waals surface area contributed by atoms with Gasteiger partial charge >= 0.3 is 5.97 Å². The Morgan fingerprint density at radius 2 is 0.743 bits per heavy atom. The van der Waals surface area contributed by atoms with Crippen molar-refractivity contribution < 1.29 is 24.5 Å². The van der Waals surface area contributed by atoms with E-state index in [2.05, 4.69) is 43.5 Å². The normalized spacial score (nSPS) is 12.7. The predicted octanol–water partition coefficient (Wildman–Crippen LogP) is 19.8. The van der Waals surface area contributed by atoms with Crippen LogP contribution in [0, 0.1) is 0 Å². The summed E-state index contributed by atoms with van der Waals surface area (Å²) in [6, 6.07) is -0.539. The fourth-order valence-corrected chi connectivity index (χ4v) is 9.92. The number of amides is 1. The van der Waals surface area contributed by atoms with Crippen LogP contribution in [-0.4, -0.2) is 47.4 Å². The molecule has 1 amide bonds. The first-order chi connectivity index (χ1) is 34.5. The van der Waals surface area contributed by atoms with Crippen LogP contribution in [0.1, 0.15) is 348 Å². The summed E-state index contributed by atoms with van der Waals surface area (Å²) in [5.41, 5.74) is 0. The number of hydrogen-bond donors (Lipinski definition) is 3. The van der Waals surface area contributed by atoms with Crippen LogP contribution in [0.15, 0.2) is 24.3 Å². The Hall–Kier alpha value is -1.66. The summed E-state index contributed by atoms with van der Waals surface area (Å²) < 4.78 is 5.47. The minimum atomic E-state index is -0.662. The van der Waals surface area contributed by atoms with Crippen molar-refractivity contribution in [2.24, 2.45) is 0 Å². The lowest BCUT2D eigenvalue weighted by molar-refractivity contribution is -0.143. The van der Waals surface area contributed by atoms with E-state index < -0.39 is 12.1 Å². The van der Waals surface area contributed by atoms with Crippen LogP contribution in [-0.2, 0) is 14.3 Å². The van der Waals surface area contributed by atoms with E-state index in [0.717, 1.165) is 51.4 Å². The largest absolute Gasteiger partial charge is 0.466 e. The Balaban J connectivity index is 3.35. The number of carbonyl (C=O) groups is 2. The van der Waals surface area contributed by atoms with Crippen LogP contribution in [0.25, 0.3) is 0 Å². The number of nitrogens with one attached hydrogen (secondary N) is 1. The van der Waals surface area contributed by atoms with E-state index in [1.807, 2.05) is 0 Å². The number of aliphatic hydroxyl groups is 2. The van der Waals surface area contributed by atoms with Crippen LogP contribution in [0.3, 0.4) is 0 Å². The summed E-state index contributed by atoms with van der Waals surface area (Å²) in [6.45, 7) is 4.90. The number of aliphatic hydroxyl groups excluding tert-OH is 2. The summed E-state index contributed by atoms with van der Waals surface area (Å²) in [5, 5.41) is 23.3. The molecule has 0 aliphatic carbocycles. The van der Waals surface area contributed by atoms with Crippen molar-refractivity contribution in [3.8, 4) is 0 Å². The molecule has 414 valence electrons. The summed E-state index contributed by atoms with van der Waals surface area (Å²) in [6.07, 6.45) is 73.4. The number of esters is 1. The van der Waals surface area contributed by atoms with Crippen molar-refractivity contribution in [2.75, 3.05) is 13.2 Å². The van der Waals surface area contributed by atoms with Crippen molar-refractivity contribution >= 4 is 11.9 Å². The van der Waals surface area contributed by atoms with Crippen molar-refractivity contribution in [3.63, 3.8) is 0 Å². The molecule has 0 aliphatic heterocycles. The highest BCUT2D eigenvalue weighted by Crippen LogP contribution is 2.18. The molecule has 0 aromatic carbocycles. The quantitative estimate of drug-likeness (QED) is 0.0321. The molecule has 0 fully saturated rings. The lowest BCUT2D eigenvalue weighted by Gasteiger charge is -2.22. The molecule has 0 bridgehead atoms. The molecular formula is C64H123NO5. The maximum atomic E-state index is 12.5. The first kappa shape index (κ1) is 68.3. The monoisotopic (exact) mass is 986 g/mol. The molecule has 0 heterocycles. The van der Waals surface area contributed by atoms with Gasteiger partial charge in [0.2, 0.25) is 5.91 Å². The van der Waals surface area contributed by atoms with E-state index in [1.165, 1.54) is 263 Å². The van der Waals surface area contributed by atoms with Crippen LogP contribution in [0.5, 0.6) is 0 Å². The fourth-order valence-electron chi connectivity index (χ4n) is 9.92. The second-order valence-corrected chi connectivity index (χ2v) is 21.7. The smallest absolute Gasteiger partial charge is 0.305 e. The Morgan fingerprint density at radius 3 is 1.14 bits per heavy atom. The lowest BCUT2D eigenvalue weighted by Crippen LogP contribution is -2.45. The van der Waals surface area contributed by atoms with Gasteiger partial charge in [0, 0.05) is 12.8 Å². The van der Waals surface area contributed by atoms with Gasteiger partial charge in [0.1, 0.15) is 0 Å². The molecule has 0 aliphatic rings. The molecular weight excluding hydrogens is 863 g/mol. The summed E-state index contributed by atoms with van der Waals surface area (Å²) in [7, 11) is 0. The summed E-state index contributed by atoms with van der Waals surface area (Å²) in [4.78, 5) is 24.5. The average molecular weight is 987 g/mol. The first-order valence-electron chi connectivity index (χ1n) is 31.6. The van der Waals surface area contributed by atoms with Gasteiger partial charge in [0.05, 0.1) is 25.4 Å². The van der Waals surface area contributed by atoms with Crippen LogP contribution in [0.4, 0.5) is 0 Å². The Kier molecular flexibility index (Phi) is 58.5. The van der Waals surface area contributed by atoms with Crippen LogP contribution in [0.2, 0.25) is 0 Å². The zero-order valence-corrected chi connectivity index (χ0v) is 47.3. The zero-order valence-electron chi connectivity index (χ0n) is 47.3. The number of rotatable bonds is 59. The van der Waals surface area contributed by atoms with E-state index in [9.17, 15) is 19.8 Å². The van der Waals surface area contributed by atoms with Crippen molar-refractivity contribution in [1.82, 2.24) is 5.32 Å². The maximum Gasteiger partial charge on any atom is 0.305 e. The van der Waals surface area contributed by atoms with Crippen LogP contribution < -0.4 is 5.32 Å². The molecule has 6 nitrogen and oxygen atoms in total. The highest BCUT2D eigenvalue weighted by molar-refractivity contribution is 5.76. The van der Waals surface area contributed by atoms with E-state index in [4.69, 9.17) is 4.74 Å². The predicted molar refractivity (Wildman–Crippen MR) is 306 cm³/mol. The van der Waals surface area contributed by atoms with Crippen LogP contribution >= 0.6 is 0 Å². The summed E-state index contributed by atoms with van der Waals surface area (Å²) >= 11 is 0. The molecule has 3 N–H and O–H groups in total. The van der Waals surface area contributed by atoms with Gasteiger partial charge in [-0.2, -0.15) is 0 Å². The molecule has 0 aromatic heterocycles. The van der Waals surface area contributed by atoms with E-state index >= 15 is 0 Å². The second-order valence-electron chi connectivity index (χ2n) is 21.7. The highest BCUT2D eigenvalue weighted by Gasteiger charge is 2.20. The molecule has 0 spiro atoms. The van der Waals surface area contributed by atoms with Gasteiger partial charge in [0.15, 0.2) is 0 Å². The molecule has 0 saturated carbocycles. The number of hydrogen-bond acceptors (Lipinski definition) is 5. The van der Waals surface area contributed by atoms with E-state index in [0.29, 0.717) is 25.9 Å². The maximum absolute atomic E-state index is 12.5. The molecule has 0 aromatic rings. The molecule has 0 rings (SSSR count). The Labute approximate surface area is 437 Å². The van der Waals surface area contributed by atoms with Crippen molar-refractivity contribution in [2.45, 2.75) is 360 Å². The average Bonchev–Trinajstić information content (AvgIpc) is 3.36. The van der Waals surface area contributed by atoms with Gasteiger partial charge < -0.3 is 20.3 Å². The van der Waals surface area contributed by atoms with E-state index in [-0.39, 0.29) is 18.5 Å². The van der Waals surface area contributed by atoms with Gasteiger partial charge in [-0.1, -0.05) is 308 Å². The molecule has 70 heavy (non-hydrogen) atoms. The zero-order chi connectivity index (χ0) is 50.7. The molecule has 0 radical (unpaired) electrons. The van der Waals surface area contributed by atoms with Crippen molar-refractivity contribution in [1.29, 1.82) is 0 Å². The fraction of sp³-hybridized carbons (Fsp3) is 0.906. The van der Waals surface area contributed by atoms with Gasteiger partial charge in [-0.05, 0) is 51.4 Å². The highest BCUT2D eigenvalue weighted by atomic mass is 16.5. The summed E-state index contributed by atoms with van der Waals surface area (Å²) in [5.74, 6) is -0.0288. The minimum absolute atomic E-state index is 0.00216. The first-order valence-corrected chi connectivity index (χ1v) is 31.6. The number of carbonyl (C=O) groups excluding carboxylic acids is 2. The number of allylic oxidation sites excluding steroid dienone is 4. The minimum Gasteiger partial charge on any atom is -0.466 e. The molecule has 6 heteroatoms. The lowest BCUT2D eigenvalue weighted by atomic mass is 10.0. The van der Waals surface area contributed by atoms with Gasteiger partial charge in [-0.15, -0.1) is 0 Å². The Morgan fingerprint density at radius 1 is 0.400 bits per heavy atom. The molecule has 2 unspecified atom stereocenters. The standard InChI is InChI=1S/C64H123NO5/c1-3-5-7-9-11-13-15-17-33-36-40-44-48-52-56-62(67)61(60-66)65-63(68)57-53-49-45-41-37-34-30-28-26-24-22-20-18-19-21-23-25-27-29-31-35-39-43-47-51-55-59-70-64(69)58-54-50-46-42-38-32-16-14-12-10-8-6-4-2/h8,10,14,16,61-62,66-67H,3-7,9,11-13,15,17-60H2,1-2H3,(H,65,68)/b10-8-,16-14-. The third-order valence-corrected chi connectivity index (χ3v) is 14.7. The van der Waals surface area contributed by atoms with Gasteiger partial charge in [-0.3, -0.25) is 9.59 Å². The number of unbranched alkanes of at least 4 members (excludes halogenated alkanes) is 44. The third kappa shape index (κ3) is 55.7. The van der Waals surface area contributed by atoms with E-state index in [1.54, 1.807) is 0 Å². The molecule has 2 atom stereocenters. The second kappa shape index (κ2) is 59.9. The Bertz CT molecular complexity index is 1090. The van der Waals surface area contributed by atoms with Gasteiger partial charge in [0.25, 0.3) is 0 Å². The topological polar surface area (TPSA) is 95.9 Å².